The Kier molecular flexibility index (Phi) is 3.60. The van der Waals surface area contributed by atoms with Gasteiger partial charge in [-0.2, -0.15) is 9.97 Å². The first kappa shape index (κ1) is 15.3. The Morgan fingerprint density at radius 2 is 2.04 bits per heavy atom. The molecule has 3 aromatic rings. The first-order chi connectivity index (χ1) is 11.5. The molecule has 1 aromatic carbocycles. The SMILES string of the molecule is COc1nc(N[C@@H]2C[C@H]2c2ccc(F)c(F)c2)c2cc(C)sc2n1. The third kappa shape index (κ3) is 2.69. The zero-order valence-electron chi connectivity index (χ0n) is 13.1. The summed E-state index contributed by atoms with van der Waals surface area (Å²) in [7, 11) is 1.53. The Balaban J connectivity index is 1.60. The van der Waals surface area contributed by atoms with Crippen LogP contribution in [-0.4, -0.2) is 23.1 Å². The summed E-state index contributed by atoms with van der Waals surface area (Å²) in [6.45, 7) is 2.02. The molecule has 4 rings (SSSR count). The second-order valence-electron chi connectivity index (χ2n) is 5.90. The number of aryl methyl sites for hydroxylation is 1. The zero-order chi connectivity index (χ0) is 16.8. The molecule has 2 heterocycles. The highest BCUT2D eigenvalue weighted by Gasteiger charge is 2.39. The fourth-order valence-corrected chi connectivity index (χ4v) is 3.74. The van der Waals surface area contributed by atoms with E-state index in [0.717, 1.165) is 32.9 Å². The molecule has 0 aliphatic heterocycles. The molecule has 1 N–H and O–H groups in total. The molecule has 1 saturated carbocycles. The van der Waals surface area contributed by atoms with Gasteiger partial charge in [0.05, 0.1) is 12.5 Å². The molecule has 0 spiro atoms. The molecular weight excluding hydrogens is 332 g/mol. The van der Waals surface area contributed by atoms with Crippen molar-refractivity contribution in [3.63, 3.8) is 0 Å². The van der Waals surface area contributed by atoms with E-state index in [2.05, 4.69) is 15.3 Å². The van der Waals surface area contributed by atoms with Crippen molar-refractivity contribution in [2.45, 2.75) is 25.3 Å². The summed E-state index contributed by atoms with van der Waals surface area (Å²) in [5, 5.41) is 4.34. The molecule has 24 heavy (non-hydrogen) atoms. The summed E-state index contributed by atoms with van der Waals surface area (Å²) < 4.78 is 31.6. The molecule has 4 nitrogen and oxygen atoms in total. The number of hydrogen-bond acceptors (Lipinski definition) is 5. The van der Waals surface area contributed by atoms with Crippen LogP contribution in [0.5, 0.6) is 6.01 Å². The number of aromatic nitrogens is 2. The number of nitrogens with zero attached hydrogens (tertiary/aromatic N) is 2. The molecule has 0 saturated heterocycles. The van der Waals surface area contributed by atoms with Crippen LogP contribution in [0, 0.1) is 18.6 Å². The van der Waals surface area contributed by atoms with Crippen molar-refractivity contribution < 1.29 is 13.5 Å². The third-order valence-electron chi connectivity index (χ3n) is 4.16. The maximum atomic E-state index is 13.4. The van der Waals surface area contributed by atoms with Crippen molar-refractivity contribution in [3.05, 3.63) is 46.3 Å². The lowest BCUT2D eigenvalue weighted by atomic mass is 10.1. The van der Waals surface area contributed by atoms with Crippen LogP contribution in [0.1, 0.15) is 22.8 Å². The van der Waals surface area contributed by atoms with Gasteiger partial charge in [0.15, 0.2) is 11.6 Å². The Labute approximate surface area is 141 Å². The van der Waals surface area contributed by atoms with Crippen LogP contribution in [0.2, 0.25) is 0 Å². The predicted octanol–water partition coefficient (Wildman–Crippen LogP) is 4.25. The van der Waals surface area contributed by atoms with E-state index in [4.69, 9.17) is 4.74 Å². The van der Waals surface area contributed by atoms with Gasteiger partial charge >= 0.3 is 6.01 Å². The van der Waals surface area contributed by atoms with Crippen LogP contribution >= 0.6 is 11.3 Å². The number of thiophene rings is 1. The summed E-state index contributed by atoms with van der Waals surface area (Å²) in [6.07, 6.45) is 0.849. The largest absolute Gasteiger partial charge is 0.467 e. The maximum Gasteiger partial charge on any atom is 0.319 e. The van der Waals surface area contributed by atoms with Crippen molar-refractivity contribution in [3.8, 4) is 6.01 Å². The normalized spacial score (nSPS) is 19.5. The summed E-state index contributed by atoms with van der Waals surface area (Å²) in [6, 6.07) is 6.57. The van der Waals surface area contributed by atoms with Crippen LogP contribution in [-0.2, 0) is 0 Å². The van der Waals surface area contributed by atoms with Gasteiger partial charge in [-0.3, -0.25) is 0 Å². The topological polar surface area (TPSA) is 47.0 Å². The minimum atomic E-state index is -0.820. The van der Waals surface area contributed by atoms with Gasteiger partial charge in [-0.25, -0.2) is 8.78 Å². The van der Waals surface area contributed by atoms with Gasteiger partial charge in [0.25, 0.3) is 0 Å². The molecule has 124 valence electrons. The molecule has 2 aromatic heterocycles. The fourth-order valence-electron chi connectivity index (χ4n) is 2.87. The highest BCUT2D eigenvalue weighted by atomic mass is 32.1. The standard InChI is InChI=1S/C17H15F2N3OS/c1-8-5-11-15(21-17(23-2)22-16(11)24-8)20-14-7-10(14)9-3-4-12(18)13(19)6-9/h3-6,10,14H,7H2,1-2H3,(H,20,21,22)/t10-,14+/m0/s1. The van der Waals surface area contributed by atoms with Gasteiger partial charge in [0, 0.05) is 16.8 Å². The fraction of sp³-hybridized carbons (Fsp3) is 0.294. The number of fused-ring (bicyclic) bond motifs is 1. The first-order valence-corrected chi connectivity index (χ1v) is 8.40. The van der Waals surface area contributed by atoms with E-state index in [-0.39, 0.29) is 12.0 Å². The summed E-state index contributed by atoms with van der Waals surface area (Å²) in [5.41, 5.74) is 0.796. The zero-order valence-corrected chi connectivity index (χ0v) is 14.0. The lowest BCUT2D eigenvalue weighted by molar-refractivity contribution is 0.382. The monoisotopic (exact) mass is 347 g/mol. The van der Waals surface area contributed by atoms with Gasteiger partial charge in [-0.15, -0.1) is 11.3 Å². The minimum Gasteiger partial charge on any atom is -0.467 e. The maximum absolute atomic E-state index is 13.4. The number of rotatable bonds is 4. The highest BCUT2D eigenvalue weighted by Crippen LogP contribution is 2.44. The summed E-state index contributed by atoms with van der Waals surface area (Å²) in [4.78, 5) is 10.8. The molecule has 0 unspecified atom stereocenters. The van der Waals surface area contributed by atoms with Gasteiger partial charge < -0.3 is 10.1 Å². The number of ether oxygens (including phenoxy) is 1. The molecule has 2 atom stereocenters. The molecule has 0 radical (unpaired) electrons. The Morgan fingerprint density at radius 1 is 1.21 bits per heavy atom. The summed E-state index contributed by atoms with van der Waals surface area (Å²) >= 11 is 1.58. The smallest absolute Gasteiger partial charge is 0.319 e. The molecule has 7 heteroatoms. The quantitative estimate of drug-likeness (QED) is 0.766. The molecule has 1 aliphatic carbocycles. The predicted molar refractivity (Wildman–Crippen MR) is 89.8 cm³/mol. The molecule has 0 bridgehead atoms. The Hall–Kier alpha value is -2.28. The van der Waals surface area contributed by atoms with Crippen LogP contribution in [0.4, 0.5) is 14.6 Å². The number of benzene rings is 1. The van der Waals surface area contributed by atoms with Crippen molar-refractivity contribution in [2.24, 2.45) is 0 Å². The summed E-state index contributed by atoms with van der Waals surface area (Å²) in [5.74, 6) is -0.760. The van der Waals surface area contributed by atoms with E-state index in [1.165, 1.54) is 19.2 Å². The van der Waals surface area contributed by atoms with Crippen LogP contribution in [0.15, 0.2) is 24.3 Å². The van der Waals surface area contributed by atoms with Gasteiger partial charge in [0.1, 0.15) is 10.6 Å². The van der Waals surface area contributed by atoms with E-state index in [9.17, 15) is 8.78 Å². The first-order valence-electron chi connectivity index (χ1n) is 7.59. The van der Waals surface area contributed by atoms with Crippen molar-refractivity contribution in [1.82, 2.24) is 9.97 Å². The average Bonchev–Trinajstić information content (AvgIpc) is 3.21. The van der Waals surface area contributed by atoms with Crippen molar-refractivity contribution in [1.29, 1.82) is 0 Å². The lowest BCUT2D eigenvalue weighted by Gasteiger charge is -2.08. The van der Waals surface area contributed by atoms with E-state index < -0.39 is 11.6 Å². The highest BCUT2D eigenvalue weighted by molar-refractivity contribution is 7.18. The van der Waals surface area contributed by atoms with Gasteiger partial charge in [-0.05, 0) is 37.1 Å². The molecule has 1 aliphatic rings. The molecule has 0 amide bonds. The lowest BCUT2D eigenvalue weighted by Crippen LogP contribution is -2.07. The number of hydrogen-bond donors (Lipinski definition) is 1. The molecular formula is C17H15F2N3OS. The minimum absolute atomic E-state index is 0.137. The number of halogens is 2. The van der Waals surface area contributed by atoms with Gasteiger partial charge in [0.2, 0.25) is 0 Å². The van der Waals surface area contributed by atoms with E-state index >= 15 is 0 Å². The Bertz CT molecular complexity index is 928. The molecule has 1 fully saturated rings. The second-order valence-corrected chi connectivity index (χ2v) is 7.14. The van der Waals surface area contributed by atoms with E-state index in [0.29, 0.717) is 6.01 Å². The number of anilines is 1. The van der Waals surface area contributed by atoms with Crippen LogP contribution < -0.4 is 10.1 Å². The van der Waals surface area contributed by atoms with Crippen molar-refractivity contribution in [2.75, 3.05) is 12.4 Å². The van der Waals surface area contributed by atoms with Crippen LogP contribution in [0.25, 0.3) is 10.2 Å². The number of nitrogens with one attached hydrogen (secondary N) is 1. The Morgan fingerprint density at radius 3 is 2.79 bits per heavy atom. The third-order valence-corrected chi connectivity index (χ3v) is 5.11. The number of methoxy groups -OCH3 is 1. The average molecular weight is 347 g/mol. The van der Waals surface area contributed by atoms with E-state index in [1.54, 1.807) is 17.4 Å². The van der Waals surface area contributed by atoms with Gasteiger partial charge in [-0.1, -0.05) is 6.07 Å². The second kappa shape index (κ2) is 5.66. The van der Waals surface area contributed by atoms with Crippen molar-refractivity contribution >= 4 is 27.4 Å². The van der Waals surface area contributed by atoms with Crippen LogP contribution in [0.3, 0.4) is 0 Å². The van der Waals surface area contributed by atoms with E-state index in [1.807, 2.05) is 13.0 Å².